The molecule has 3 rings (SSSR count). The molecule has 2 atom stereocenters. The summed E-state index contributed by atoms with van der Waals surface area (Å²) in [7, 11) is 0. The minimum Gasteiger partial charge on any atom is -0.365 e. The summed E-state index contributed by atoms with van der Waals surface area (Å²) in [6.07, 6.45) is 1.10. The Balaban J connectivity index is 1.73. The first-order valence-electron chi connectivity index (χ1n) is 7.80. The molecule has 112 valence electrons. The average molecular weight is 300 g/mol. The maximum atomic E-state index is 3.75. The molecule has 0 bridgehead atoms. The first-order chi connectivity index (χ1) is 10.2. The van der Waals surface area contributed by atoms with Crippen LogP contribution in [0.2, 0.25) is 0 Å². The molecule has 0 amide bonds. The fourth-order valence-corrected chi connectivity index (χ4v) is 3.83. The average Bonchev–Trinajstić information content (AvgIpc) is 3.02. The van der Waals surface area contributed by atoms with Crippen molar-refractivity contribution in [2.24, 2.45) is 5.92 Å². The second-order valence-electron chi connectivity index (χ2n) is 6.24. The van der Waals surface area contributed by atoms with E-state index in [1.807, 2.05) is 0 Å². The summed E-state index contributed by atoms with van der Waals surface area (Å²) < 4.78 is 0. The van der Waals surface area contributed by atoms with Crippen LogP contribution in [0.25, 0.3) is 0 Å². The Bertz CT molecular complexity index is 536. The molecule has 21 heavy (non-hydrogen) atoms. The quantitative estimate of drug-likeness (QED) is 0.924. The van der Waals surface area contributed by atoms with Gasteiger partial charge in [0.25, 0.3) is 0 Å². The lowest BCUT2D eigenvalue weighted by molar-refractivity contribution is 0.337. The highest BCUT2D eigenvalue weighted by molar-refractivity contribution is 7.08. The lowest BCUT2D eigenvalue weighted by Crippen LogP contribution is -2.59. The van der Waals surface area contributed by atoms with Crippen molar-refractivity contribution in [1.29, 1.82) is 0 Å². The van der Waals surface area contributed by atoms with E-state index in [4.69, 9.17) is 0 Å². The summed E-state index contributed by atoms with van der Waals surface area (Å²) in [5.74, 6) is 0.662. The molecule has 1 aliphatic rings. The lowest BCUT2D eigenvalue weighted by Gasteiger charge is -2.43. The molecule has 2 aromatic rings. The van der Waals surface area contributed by atoms with E-state index in [0.29, 0.717) is 18.0 Å². The zero-order valence-electron chi connectivity index (χ0n) is 12.8. The molecule has 1 saturated heterocycles. The smallest absolute Gasteiger partial charge is 0.0478 e. The Morgan fingerprint density at radius 2 is 2.05 bits per heavy atom. The number of nitrogens with one attached hydrogen (secondary N) is 1. The van der Waals surface area contributed by atoms with E-state index in [1.54, 1.807) is 11.3 Å². The van der Waals surface area contributed by atoms with Crippen LogP contribution in [-0.2, 0) is 6.42 Å². The summed E-state index contributed by atoms with van der Waals surface area (Å²) >= 11 is 1.79. The SMILES string of the molecule is CC(C)C1CNC(Cc2ccccc2)CN1c1ccsc1. The molecular weight excluding hydrogens is 276 g/mol. The number of hydrogen-bond acceptors (Lipinski definition) is 3. The summed E-state index contributed by atoms with van der Waals surface area (Å²) in [4.78, 5) is 2.60. The van der Waals surface area contributed by atoms with Crippen molar-refractivity contribution in [1.82, 2.24) is 5.32 Å². The molecule has 2 heterocycles. The third-order valence-electron chi connectivity index (χ3n) is 4.37. The monoisotopic (exact) mass is 300 g/mol. The third kappa shape index (κ3) is 3.47. The summed E-state index contributed by atoms with van der Waals surface area (Å²) in [6.45, 7) is 6.81. The molecule has 0 saturated carbocycles. The van der Waals surface area contributed by atoms with Gasteiger partial charge in [-0.1, -0.05) is 44.2 Å². The first kappa shape index (κ1) is 14.6. The Morgan fingerprint density at radius 3 is 2.71 bits per heavy atom. The van der Waals surface area contributed by atoms with Crippen molar-refractivity contribution in [2.75, 3.05) is 18.0 Å². The van der Waals surface area contributed by atoms with Gasteiger partial charge in [-0.25, -0.2) is 0 Å². The van der Waals surface area contributed by atoms with Gasteiger partial charge in [0, 0.05) is 36.2 Å². The van der Waals surface area contributed by atoms with E-state index in [1.165, 1.54) is 11.3 Å². The van der Waals surface area contributed by atoms with Gasteiger partial charge >= 0.3 is 0 Å². The summed E-state index contributed by atoms with van der Waals surface area (Å²) in [6, 6.07) is 14.2. The van der Waals surface area contributed by atoms with Crippen molar-refractivity contribution in [3.63, 3.8) is 0 Å². The minimum atomic E-state index is 0.530. The fraction of sp³-hybridized carbons (Fsp3) is 0.444. The van der Waals surface area contributed by atoms with Crippen LogP contribution in [0, 0.1) is 5.92 Å². The molecule has 3 heteroatoms. The number of thiophene rings is 1. The highest BCUT2D eigenvalue weighted by Crippen LogP contribution is 2.26. The normalized spacial score (nSPS) is 22.7. The van der Waals surface area contributed by atoms with Crippen LogP contribution in [-0.4, -0.2) is 25.2 Å². The predicted molar refractivity (Wildman–Crippen MR) is 92.2 cm³/mol. The number of nitrogens with zero attached hydrogens (tertiary/aromatic N) is 1. The molecule has 1 aliphatic heterocycles. The van der Waals surface area contributed by atoms with Crippen LogP contribution < -0.4 is 10.2 Å². The lowest BCUT2D eigenvalue weighted by atomic mass is 9.95. The maximum absolute atomic E-state index is 3.75. The number of anilines is 1. The zero-order chi connectivity index (χ0) is 14.7. The molecule has 2 unspecified atom stereocenters. The van der Waals surface area contributed by atoms with Crippen molar-refractivity contribution in [2.45, 2.75) is 32.4 Å². The Labute approximate surface area is 131 Å². The van der Waals surface area contributed by atoms with Gasteiger partial charge in [0.2, 0.25) is 0 Å². The van der Waals surface area contributed by atoms with E-state index in [2.05, 4.69) is 71.2 Å². The van der Waals surface area contributed by atoms with Crippen LogP contribution in [0.5, 0.6) is 0 Å². The van der Waals surface area contributed by atoms with Gasteiger partial charge in [0.15, 0.2) is 0 Å². The van der Waals surface area contributed by atoms with E-state index in [0.717, 1.165) is 19.5 Å². The number of benzene rings is 1. The summed E-state index contributed by atoms with van der Waals surface area (Å²) in [5, 5.41) is 8.21. The second-order valence-corrected chi connectivity index (χ2v) is 7.02. The molecule has 1 aromatic heterocycles. The highest BCUT2D eigenvalue weighted by atomic mass is 32.1. The van der Waals surface area contributed by atoms with Gasteiger partial charge in [-0.2, -0.15) is 11.3 Å². The van der Waals surface area contributed by atoms with Crippen LogP contribution in [0.3, 0.4) is 0 Å². The Kier molecular flexibility index (Phi) is 4.61. The summed E-state index contributed by atoms with van der Waals surface area (Å²) in [5.41, 5.74) is 2.81. The number of piperazine rings is 1. The van der Waals surface area contributed by atoms with E-state index in [-0.39, 0.29) is 0 Å². The van der Waals surface area contributed by atoms with Crippen LogP contribution in [0.15, 0.2) is 47.2 Å². The van der Waals surface area contributed by atoms with Crippen LogP contribution >= 0.6 is 11.3 Å². The predicted octanol–water partition coefficient (Wildman–Crippen LogP) is 3.79. The van der Waals surface area contributed by atoms with Crippen molar-refractivity contribution >= 4 is 17.0 Å². The molecule has 0 radical (unpaired) electrons. The second kappa shape index (κ2) is 6.63. The molecule has 2 nitrogen and oxygen atoms in total. The largest absolute Gasteiger partial charge is 0.365 e. The van der Waals surface area contributed by atoms with Crippen LogP contribution in [0.1, 0.15) is 19.4 Å². The first-order valence-corrected chi connectivity index (χ1v) is 8.74. The highest BCUT2D eigenvalue weighted by Gasteiger charge is 2.30. The van der Waals surface area contributed by atoms with Gasteiger partial charge in [-0.15, -0.1) is 0 Å². The van der Waals surface area contributed by atoms with Crippen molar-refractivity contribution < 1.29 is 0 Å². The Hall–Kier alpha value is -1.32. The standard InChI is InChI=1S/C18H24N2S/c1-14(2)18-11-19-16(10-15-6-4-3-5-7-15)12-20(18)17-8-9-21-13-17/h3-9,13-14,16,18-19H,10-12H2,1-2H3. The van der Waals surface area contributed by atoms with E-state index >= 15 is 0 Å². The molecule has 1 aromatic carbocycles. The van der Waals surface area contributed by atoms with Gasteiger partial charge in [-0.05, 0) is 29.3 Å². The van der Waals surface area contributed by atoms with E-state index < -0.39 is 0 Å². The molecule has 0 spiro atoms. The topological polar surface area (TPSA) is 15.3 Å². The zero-order valence-corrected chi connectivity index (χ0v) is 13.6. The third-order valence-corrected chi connectivity index (χ3v) is 5.04. The minimum absolute atomic E-state index is 0.530. The van der Waals surface area contributed by atoms with Gasteiger partial charge in [0.1, 0.15) is 0 Å². The van der Waals surface area contributed by atoms with Crippen LogP contribution in [0.4, 0.5) is 5.69 Å². The van der Waals surface area contributed by atoms with Gasteiger partial charge < -0.3 is 10.2 Å². The van der Waals surface area contributed by atoms with Crippen molar-refractivity contribution in [3.05, 3.63) is 52.7 Å². The molecular formula is C18H24N2S. The molecule has 1 N–H and O–H groups in total. The molecule has 0 aliphatic carbocycles. The van der Waals surface area contributed by atoms with E-state index in [9.17, 15) is 0 Å². The van der Waals surface area contributed by atoms with Gasteiger partial charge in [-0.3, -0.25) is 0 Å². The van der Waals surface area contributed by atoms with Crippen molar-refractivity contribution in [3.8, 4) is 0 Å². The Morgan fingerprint density at radius 1 is 1.24 bits per heavy atom. The molecule has 1 fully saturated rings. The number of rotatable bonds is 4. The van der Waals surface area contributed by atoms with Gasteiger partial charge in [0.05, 0.1) is 0 Å². The fourth-order valence-electron chi connectivity index (χ4n) is 3.18. The number of hydrogen-bond donors (Lipinski definition) is 1. The maximum Gasteiger partial charge on any atom is 0.0478 e.